The number of nitrogens with one attached hydrogen (secondary N) is 1. The fourth-order valence-corrected chi connectivity index (χ4v) is 3.35. The quantitative estimate of drug-likeness (QED) is 0.672. The van der Waals surface area contributed by atoms with Gasteiger partial charge in [0, 0.05) is 31.4 Å². The second kappa shape index (κ2) is 10.1. The first-order valence-corrected chi connectivity index (χ1v) is 10.2. The second-order valence-electron chi connectivity index (χ2n) is 7.68. The molecule has 0 unspecified atom stereocenters. The smallest absolute Gasteiger partial charge is 0.258 e. The van der Waals surface area contributed by atoms with E-state index in [0.29, 0.717) is 23.6 Å². The van der Waals surface area contributed by atoms with Crippen molar-refractivity contribution in [3.63, 3.8) is 0 Å². The minimum Gasteiger partial charge on any atom is -0.493 e. The third-order valence-corrected chi connectivity index (χ3v) is 5.34. The summed E-state index contributed by atoms with van der Waals surface area (Å²) >= 11 is 0. The number of Topliss-reactive ketones (excluding diaryl/α,β-unsaturated/α-hetero) is 1. The van der Waals surface area contributed by atoms with Crippen molar-refractivity contribution in [3.8, 4) is 11.5 Å². The largest absolute Gasteiger partial charge is 0.493 e. The number of hydrogen-bond donors (Lipinski definition) is 1. The Morgan fingerprint density at radius 2 is 1.93 bits per heavy atom. The molecule has 1 aromatic heterocycles. The van der Waals surface area contributed by atoms with Crippen molar-refractivity contribution in [1.82, 2.24) is 10.3 Å². The number of methoxy groups -OCH3 is 1. The first-order valence-electron chi connectivity index (χ1n) is 10.2. The van der Waals surface area contributed by atoms with E-state index in [9.17, 15) is 9.59 Å². The fourth-order valence-electron chi connectivity index (χ4n) is 3.35. The van der Waals surface area contributed by atoms with Crippen molar-refractivity contribution in [2.24, 2.45) is 5.92 Å². The molecule has 2 heterocycles. The highest BCUT2D eigenvalue weighted by molar-refractivity contribution is 5.94. The van der Waals surface area contributed by atoms with Crippen LogP contribution in [0.25, 0.3) is 0 Å². The Morgan fingerprint density at radius 3 is 2.57 bits per heavy atom. The van der Waals surface area contributed by atoms with Crippen LogP contribution in [0.4, 0.5) is 5.82 Å². The van der Waals surface area contributed by atoms with Crippen LogP contribution in [0.5, 0.6) is 11.5 Å². The van der Waals surface area contributed by atoms with Gasteiger partial charge in [-0.2, -0.15) is 0 Å². The van der Waals surface area contributed by atoms with E-state index in [1.54, 1.807) is 24.4 Å². The number of hydrogen-bond acceptors (Lipinski definition) is 6. The lowest BCUT2D eigenvalue weighted by Crippen LogP contribution is -2.33. The van der Waals surface area contributed by atoms with Crippen LogP contribution in [-0.2, 0) is 11.3 Å². The number of amides is 1. The summed E-state index contributed by atoms with van der Waals surface area (Å²) in [5.74, 6) is 2.29. The number of nitrogens with zero attached hydrogens (tertiary/aromatic N) is 2. The molecule has 1 N–H and O–H groups in total. The Kier molecular flexibility index (Phi) is 7.27. The van der Waals surface area contributed by atoms with Gasteiger partial charge in [-0.3, -0.25) is 9.59 Å². The first-order chi connectivity index (χ1) is 14.5. The Hall–Kier alpha value is -3.09. The molecular formula is C23H29N3O4. The van der Waals surface area contributed by atoms with E-state index in [4.69, 9.17) is 9.47 Å². The second-order valence-corrected chi connectivity index (χ2v) is 7.68. The van der Waals surface area contributed by atoms with Gasteiger partial charge in [-0.15, -0.1) is 0 Å². The maximum absolute atomic E-state index is 12.1. The molecule has 0 aliphatic carbocycles. The number of carbonyl (C=O) groups is 2. The van der Waals surface area contributed by atoms with E-state index in [0.717, 1.165) is 30.4 Å². The molecule has 7 heteroatoms. The van der Waals surface area contributed by atoms with Crippen molar-refractivity contribution in [1.29, 1.82) is 0 Å². The predicted octanol–water partition coefficient (Wildman–Crippen LogP) is 3.22. The van der Waals surface area contributed by atoms with Gasteiger partial charge >= 0.3 is 0 Å². The minimum atomic E-state index is -0.248. The third kappa shape index (κ3) is 5.72. The Morgan fingerprint density at radius 1 is 1.17 bits per heavy atom. The predicted molar refractivity (Wildman–Crippen MR) is 115 cm³/mol. The molecule has 1 aromatic carbocycles. The lowest BCUT2D eigenvalue weighted by atomic mass is 9.99. The van der Waals surface area contributed by atoms with Crippen molar-refractivity contribution in [3.05, 3.63) is 47.7 Å². The fraction of sp³-hybridized carbons (Fsp3) is 0.435. The monoisotopic (exact) mass is 411 g/mol. The lowest BCUT2D eigenvalue weighted by molar-refractivity contribution is -0.123. The van der Waals surface area contributed by atoms with E-state index in [2.05, 4.69) is 22.1 Å². The SMILES string of the molecule is COc1cc(C(C)=O)ccc1OCC(=O)NCc1ccc(N2CCC(C)CC2)nc1. The van der Waals surface area contributed by atoms with Crippen LogP contribution in [0.3, 0.4) is 0 Å². The molecule has 0 bridgehead atoms. The summed E-state index contributed by atoms with van der Waals surface area (Å²) in [6.45, 7) is 6.09. The van der Waals surface area contributed by atoms with Crippen molar-refractivity contribution in [2.75, 3.05) is 31.7 Å². The first kappa shape index (κ1) is 21.6. The van der Waals surface area contributed by atoms with Crippen LogP contribution in [-0.4, -0.2) is 43.5 Å². The van der Waals surface area contributed by atoms with E-state index < -0.39 is 0 Å². The number of rotatable bonds is 8. The summed E-state index contributed by atoms with van der Waals surface area (Å²) < 4.78 is 10.8. The van der Waals surface area contributed by atoms with Crippen molar-refractivity contribution in [2.45, 2.75) is 33.2 Å². The zero-order chi connectivity index (χ0) is 21.5. The highest BCUT2D eigenvalue weighted by atomic mass is 16.5. The van der Waals surface area contributed by atoms with Crippen LogP contribution in [0.1, 0.15) is 42.6 Å². The number of carbonyl (C=O) groups excluding carboxylic acids is 2. The minimum absolute atomic E-state index is 0.0629. The molecule has 160 valence electrons. The van der Waals surface area contributed by atoms with Crippen LogP contribution in [0, 0.1) is 5.92 Å². The summed E-state index contributed by atoms with van der Waals surface area (Å²) in [5.41, 5.74) is 1.46. The number of ketones is 1. The molecule has 30 heavy (non-hydrogen) atoms. The number of ether oxygens (including phenoxy) is 2. The molecule has 1 fully saturated rings. The molecule has 1 aliphatic rings. The summed E-state index contributed by atoms with van der Waals surface area (Å²) in [6, 6.07) is 8.88. The van der Waals surface area contributed by atoms with Gasteiger partial charge in [0.1, 0.15) is 5.82 Å². The number of pyridine rings is 1. The van der Waals surface area contributed by atoms with Gasteiger partial charge in [-0.25, -0.2) is 4.98 Å². The Bertz CT molecular complexity index is 875. The van der Waals surface area contributed by atoms with Crippen LogP contribution < -0.4 is 19.7 Å². The number of benzene rings is 1. The topological polar surface area (TPSA) is 80.8 Å². The molecule has 0 atom stereocenters. The van der Waals surface area contributed by atoms with E-state index in [1.165, 1.54) is 26.9 Å². The highest BCUT2D eigenvalue weighted by Gasteiger charge is 2.16. The zero-order valence-electron chi connectivity index (χ0n) is 17.8. The van der Waals surface area contributed by atoms with E-state index >= 15 is 0 Å². The highest BCUT2D eigenvalue weighted by Crippen LogP contribution is 2.28. The maximum atomic E-state index is 12.1. The van der Waals surface area contributed by atoms with Gasteiger partial charge in [-0.1, -0.05) is 13.0 Å². The molecule has 1 aliphatic heterocycles. The normalized spacial score (nSPS) is 14.3. The molecule has 1 saturated heterocycles. The van der Waals surface area contributed by atoms with Gasteiger partial charge in [0.2, 0.25) is 0 Å². The summed E-state index contributed by atoms with van der Waals surface area (Å²) in [6.07, 6.45) is 4.20. The maximum Gasteiger partial charge on any atom is 0.258 e. The average molecular weight is 412 g/mol. The van der Waals surface area contributed by atoms with Crippen LogP contribution >= 0.6 is 0 Å². The average Bonchev–Trinajstić information content (AvgIpc) is 2.77. The Labute approximate surface area is 177 Å². The van der Waals surface area contributed by atoms with Crippen molar-refractivity contribution < 1.29 is 19.1 Å². The molecule has 2 aromatic rings. The molecule has 0 spiro atoms. The van der Waals surface area contributed by atoms with Crippen molar-refractivity contribution >= 4 is 17.5 Å². The van der Waals surface area contributed by atoms with Gasteiger partial charge in [-0.05, 0) is 55.5 Å². The molecule has 0 radical (unpaired) electrons. The molecule has 1 amide bonds. The van der Waals surface area contributed by atoms with Crippen LogP contribution in [0.2, 0.25) is 0 Å². The summed E-state index contributed by atoms with van der Waals surface area (Å²) in [4.78, 5) is 30.5. The number of aromatic nitrogens is 1. The molecule has 0 saturated carbocycles. The zero-order valence-corrected chi connectivity index (χ0v) is 17.8. The number of anilines is 1. The number of piperidine rings is 1. The molecule has 7 nitrogen and oxygen atoms in total. The third-order valence-electron chi connectivity index (χ3n) is 5.34. The molecule has 3 rings (SSSR count). The summed E-state index contributed by atoms with van der Waals surface area (Å²) in [5, 5.41) is 2.83. The van der Waals surface area contributed by atoms with Gasteiger partial charge < -0.3 is 19.7 Å². The van der Waals surface area contributed by atoms with Gasteiger partial charge in [0.25, 0.3) is 5.91 Å². The lowest BCUT2D eigenvalue weighted by Gasteiger charge is -2.31. The Balaban J connectivity index is 1.47. The standard InChI is InChI=1S/C23H29N3O4/c1-16-8-10-26(11-9-16)22-7-4-18(13-24-22)14-25-23(28)15-30-20-6-5-19(17(2)27)12-21(20)29-3/h4-7,12-13,16H,8-11,14-15H2,1-3H3,(H,25,28). The summed E-state index contributed by atoms with van der Waals surface area (Å²) in [7, 11) is 1.49. The van der Waals surface area contributed by atoms with E-state index in [-0.39, 0.29) is 18.3 Å². The molecular weight excluding hydrogens is 382 g/mol. The van der Waals surface area contributed by atoms with Crippen LogP contribution in [0.15, 0.2) is 36.5 Å². The van der Waals surface area contributed by atoms with Gasteiger partial charge in [0.15, 0.2) is 23.9 Å². The van der Waals surface area contributed by atoms with E-state index in [1.807, 2.05) is 12.1 Å². The van der Waals surface area contributed by atoms with Gasteiger partial charge in [0.05, 0.1) is 7.11 Å².